The molecule has 0 bridgehead atoms. The number of halogens is 1. The first kappa shape index (κ1) is 23.1. The number of rotatable bonds is 6. The summed E-state index contributed by atoms with van der Waals surface area (Å²) in [5.41, 5.74) is 0.354. The molecule has 0 saturated heterocycles. The number of carbonyl (C=O) groups is 1. The maximum Gasteiger partial charge on any atom is 0.258 e. The zero-order valence-corrected chi connectivity index (χ0v) is 20.7. The summed E-state index contributed by atoms with van der Waals surface area (Å²) in [4.78, 5) is 13.9. The number of anilines is 3. The molecule has 0 radical (unpaired) electrons. The van der Waals surface area contributed by atoms with Crippen molar-refractivity contribution < 1.29 is 14.3 Å². The first-order chi connectivity index (χ1) is 14.5. The maximum absolute atomic E-state index is 12.5. The second-order valence-electron chi connectivity index (χ2n) is 8.50. The predicted molar refractivity (Wildman–Crippen MR) is 126 cm³/mol. The molecule has 3 N–H and O–H groups in total. The highest BCUT2D eigenvalue weighted by atomic mass is 79.9. The molecule has 0 spiro atoms. The Kier molecular flexibility index (Phi) is 6.61. The van der Waals surface area contributed by atoms with Crippen molar-refractivity contribution in [3.8, 4) is 5.75 Å². The number of hydrogen-bond acceptors (Lipinski definition) is 8. The highest BCUT2D eigenvalue weighted by Gasteiger charge is 2.31. The van der Waals surface area contributed by atoms with Crippen LogP contribution in [-0.4, -0.2) is 38.8 Å². The van der Waals surface area contributed by atoms with Gasteiger partial charge in [-0.15, -0.1) is 0 Å². The molecule has 0 aliphatic rings. The second-order valence-corrected chi connectivity index (χ2v) is 9.88. The molecule has 166 valence electrons. The van der Waals surface area contributed by atoms with E-state index in [1.807, 2.05) is 19.1 Å². The first-order valence-corrected chi connectivity index (χ1v) is 11.2. The average Bonchev–Trinajstić information content (AvgIpc) is 3.29. The average molecular weight is 508 g/mol. The summed E-state index contributed by atoms with van der Waals surface area (Å²) in [5.74, 6) is 2.13. The topological polar surface area (TPSA) is 104 Å². The lowest BCUT2D eigenvalue weighted by atomic mass is 9.85. The zero-order valence-electron chi connectivity index (χ0n) is 18.3. The lowest BCUT2D eigenvalue weighted by Gasteiger charge is -2.30. The Labute approximate surface area is 194 Å². The summed E-state index contributed by atoms with van der Waals surface area (Å²) in [6.07, 6.45) is 0. The van der Waals surface area contributed by atoms with Crippen molar-refractivity contribution in [1.29, 1.82) is 0 Å². The van der Waals surface area contributed by atoms with Crippen LogP contribution in [0.3, 0.4) is 0 Å². The van der Waals surface area contributed by atoms with Crippen LogP contribution in [0, 0.1) is 12.3 Å². The number of phenols is 1. The Morgan fingerprint density at radius 1 is 1.19 bits per heavy atom. The molecule has 2 aromatic heterocycles. The van der Waals surface area contributed by atoms with Crippen LogP contribution in [0.15, 0.2) is 33.2 Å². The van der Waals surface area contributed by atoms with E-state index in [4.69, 9.17) is 4.42 Å². The monoisotopic (exact) mass is 507 g/mol. The Balaban J connectivity index is 1.92. The number of hydrogen-bond donors (Lipinski definition) is 3. The van der Waals surface area contributed by atoms with Gasteiger partial charge in [0, 0.05) is 18.6 Å². The van der Waals surface area contributed by atoms with Crippen molar-refractivity contribution in [2.24, 2.45) is 5.41 Å². The van der Waals surface area contributed by atoms with Gasteiger partial charge in [0.1, 0.15) is 11.5 Å². The minimum absolute atomic E-state index is 0.157. The Morgan fingerprint density at radius 3 is 2.45 bits per heavy atom. The Hall–Kier alpha value is -2.59. The minimum atomic E-state index is -0.316. The first-order valence-electron chi connectivity index (χ1n) is 9.64. The Bertz CT molecular complexity index is 1090. The quantitative estimate of drug-likeness (QED) is 0.375. The number of aromatic hydroxyl groups is 1. The van der Waals surface area contributed by atoms with Crippen LogP contribution in [0.1, 0.15) is 48.7 Å². The van der Waals surface area contributed by atoms with E-state index in [9.17, 15) is 9.90 Å². The lowest BCUT2D eigenvalue weighted by Crippen LogP contribution is -2.25. The number of nitrogens with one attached hydrogen (secondary N) is 2. The van der Waals surface area contributed by atoms with Gasteiger partial charge in [-0.1, -0.05) is 20.8 Å². The van der Waals surface area contributed by atoms with Crippen molar-refractivity contribution in [1.82, 2.24) is 13.6 Å². The van der Waals surface area contributed by atoms with Crippen LogP contribution in [0.4, 0.5) is 17.3 Å². The molecule has 0 saturated carbocycles. The molecule has 0 aliphatic carbocycles. The van der Waals surface area contributed by atoms with E-state index in [0.29, 0.717) is 21.8 Å². The molecule has 0 aliphatic heterocycles. The van der Waals surface area contributed by atoms with Gasteiger partial charge in [-0.05, 0) is 52.5 Å². The van der Waals surface area contributed by atoms with Crippen LogP contribution < -0.4 is 10.6 Å². The molecule has 1 unspecified atom stereocenters. The van der Waals surface area contributed by atoms with Gasteiger partial charge in [0.2, 0.25) is 0 Å². The summed E-state index contributed by atoms with van der Waals surface area (Å²) in [6, 6.07) is 7.10. The van der Waals surface area contributed by atoms with Gasteiger partial charge in [0.25, 0.3) is 5.91 Å². The third kappa shape index (κ3) is 5.01. The van der Waals surface area contributed by atoms with Crippen LogP contribution in [0.2, 0.25) is 0 Å². The number of phenolic OH excluding ortho intramolecular Hbond substituents is 1. The molecule has 1 amide bonds. The molecule has 8 nitrogen and oxygen atoms in total. The highest BCUT2D eigenvalue weighted by Crippen LogP contribution is 2.40. The molecule has 3 rings (SSSR count). The van der Waals surface area contributed by atoms with Gasteiger partial charge in [-0.3, -0.25) is 4.79 Å². The molecule has 1 aromatic carbocycles. The summed E-state index contributed by atoms with van der Waals surface area (Å²) in [5, 5.41) is 17.3. The van der Waals surface area contributed by atoms with Crippen molar-refractivity contribution in [3.63, 3.8) is 0 Å². The predicted octanol–water partition coefficient (Wildman–Crippen LogP) is 5.55. The van der Waals surface area contributed by atoms with Gasteiger partial charge in [0.15, 0.2) is 17.4 Å². The van der Waals surface area contributed by atoms with E-state index in [0.717, 1.165) is 23.2 Å². The third-order valence-electron chi connectivity index (χ3n) is 4.68. The van der Waals surface area contributed by atoms with Gasteiger partial charge < -0.3 is 25.1 Å². The fourth-order valence-electron chi connectivity index (χ4n) is 3.05. The van der Waals surface area contributed by atoms with E-state index >= 15 is 0 Å². The van der Waals surface area contributed by atoms with E-state index in [1.54, 1.807) is 26.2 Å². The fourth-order valence-corrected chi connectivity index (χ4v) is 4.01. The normalized spacial score (nSPS) is 12.5. The van der Waals surface area contributed by atoms with Crippen molar-refractivity contribution >= 4 is 50.9 Å². The molecular weight excluding hydrogens is 482 g/mol. The van der Waals surface area contributed by atoms with Crippen LogP contribution in [0.5, 0.6) is 5.75 Å². The number of carbonyl (C=O) groups excluding carboxylic acids is 1. The van der Waals surface area contributed by atoms with Crippen molar-refractivity contribution in [2.75, 3.05) is 24.7 Å². The Morgan fingerprint density at radius 2 is 1.87 bits per heavy atom. The molecule has 31 heavy (non-hydrogen) atoms. The van der Waals surface area contributed by atoms with E-state index in [1.165, 1.54) is 4.90 Å². The largest absolute Gasteiger partial charge is 0.505 e. The molecule has 0 fully saturated rings. The lowest BCUT2D eigenvalue weighted by molar-refractivity contribution is 0.0824. The van der Waals surface area contributed by atoms with Crippen molar-refractivity contribution in [2.45, 2.75) is 33.7 Å². The molecule has 1 atom stereocenters. The summed E-state index contributed by atoms with van der Waals surface area (Å²) < 4.78 is 15.1. The molecular formula is C21H26BrN5O3S. The summed E-state index contributed by atoms with van der Waals surface area (Å²) >= 11 is 4.38. The summed E-state index contributed by atoms with van der Waals surface area (Å²) in [7, 11) is 3.26. The fraction of sp³-hybridized carbons (Fsp3) is 0.381. The van der Waals surface area contributed by atoms with Gasteiger partial charge in [0.05, 0.1) is 29.0 Å². The van der Waals surface area contributed by atoms with Gasteiger partial charge >= 0.3 is 0 Å². The standard InChI is InChI=1S/C21H26BrN5O3S/c1-11-7-10-14(30-11)17(21(2,3)4)24-19-18(25-31-26-19)23-13-9-8-12(22)15(16(13)28)20(29)27(5)6/h7-10,17,28H,1-6H3,(H,23,25)(H,24,26). The van der Waals surface area contributed by atoms with Crippen LogP contribution in [-0.2, 0) is 0 Å². The minimum Gasteiger partial charge on any atom is -0.505 e. The van der Waals surface area contributed by atoms with E-state index < -0.39 is 0 Å². The number of benzene rings is 1. The summed E-state index contributed by atoms with van der Waals surface area (Å²) in [6.45, 7) is 8.23. The van der Waals surface area contributed by atoms with Crippen LogP contribution >= 0.6 is 27.7 Å². The van der Waals surface area contributed by atoms with E-state index in [-0.39, 0.29) is 28.7 Å². The molecule has 2 heterocycles. The number of amides is 1. The second kappa shape index (κ2) is 8.88. The number of furan rings is 1. The van der Waals surface area contributed by atoms with Gasteiger partial charge in [-0.2, -0.15) is 8.75 Å². The van der Waals surface area contributed by atoms with Gasteiger partial charge in [-0.25, -0.2) is 0 Å². The third-order valence-corrected chi connectivity index (χ3v) is 5.87. The number of aromatic nitrogens is 2. The van der Waals surface area contributed by atoms with Crippen LogP contribution in [0.25, 0.3) is 0 Å². The zero-order chi connectivity index (χ0) is 22.9. The number of aryl methyl sites for hydroxylation is 1. The van der Waals surface area contributed by atoms with E-state index in [2.05, 4.69) is 56.1 Å². The smallest absolute Gasteiger partial charge is 0.258 e. The SMILES string of the molecule is Cc1ccc(C(Nc2nsnc2Nc2ccc(Br)c(C(=O)N(C)C)c2O)C(C)(C)C)o1. The molecule has 10 heteroatoms. The maximum atomic E-state index is 12.5. The molecule has 3 aromatic rings. The number of nitrogens with zero attached hydrogens (tertiary/aromatic N) is 3. The van der Waals surface area contributed by atoms with Crippen molar-refractivity contribution in [3.05, 3.63) is 45.8 Å². The highest BCUT2D eigenvalue weighted by molar-refractivity contribution is 9.10.